The van der Waals surface area contributed by atoms with E-state index in [0.717, 1.165) is 25.0 Å². The van der Waals surface area contributed by atoms with Crippen LogP contribution in [-0.4, -0.2) is 77.6 Å². The van der Waals surface area contributed by atoms with Crippen LogP contribution in [0.4, 0.5) is 0 Å². The third kappa shape index (κ3) is 9.47. The van der Waals surface area contributed by atoms with Crippen LogP contribution >= 0.6 is 0 Å². The third-order valence-corrected chi connectivity index (χ3v) is 5.89. The Morgan fingerprint density at radius 2 is 2.10 bits per heavy atom. The molecule has 8 nitrogen and oxygen atoms in total. The number of nitrogens with zero attached hydrogens (tertiary/aromatic N) is 2. The molecule has 0 spiro atoms. The van der Waals surface area contributed by atoms with Crippen molar-refractivity contribution in [2.24, 2.45) is 4.99 Å². The lowest BCUT2D eigenvalue weighted by molar-refractivity contribution is 0.0200. The standard InChI is InChI=1S/C20H34N4O4S/c1-3-21-20(24(2)13-15-28-18-9-5-4-6-10-18)22-12-16-29(25,26)23-17-19-11-7-8-14-27-19/h4-6,9-10,19,23H,3,7-8,11-17H2,1-2H3,(H,21,22). The highest BCUT2D eigenvalue weighted by atomic mass is 32.2. The minimum Gasteiger partial charge on any atom is -0.492 e. The molecule has 0 bridgehead atoms. The van der Waals surface area contributed by atoms with Gasteiger partial charge in [0, 0.05) is 26.7 Å². The average molecular weight is 427 g/mol. The van der Waals surface area contributed by atoms with Crippen molar-refractivity contribution in [3.8, 4) is 5.75 Å². The van der Waals surface area contributed by atoms with E-state index in [9.17, 15) is 8.42 Å². The Morgan fingerprint density at radius 1 is 1.31 bits per heavy atom. The fourth-order valence-electron chi connectivity index (χ4n) is 2.92. The minimum atomic E-state index is -3.38. The van der Waals surface area contributed by atoms with Gasteiger partial charge in [-0.3, -0.25) is 4.99 Å². The summed E-state index contributed by atoms with van der Waals surface area (Å²) in [5, 5.41) is 3.19. The quantitative estimate of drug-likeness (QED) is 0.411. The monoisotopic (exact) mass is 426 g/mol. The van der Waals surface area contributed by atoms with Crippen molar-refractivity contribution in [2.45, 2.75) is 32.3 Å². The van der Waals surface area contributed by atoms with E-state index in [0.29, 0.717) is 38.8 Å². The molecule has 0 radical (unpaired) electrons. The number of likely N-dealkylation sites (N-methyl/N-ethyl adjacent to an activating group) is 1. The van der Waals surface area contributed by atoms with Gasteiger partial charge in [-0.25, -0.2) is 13.1 Å². The Labute approximate surface area is 174 Å². The summed E-state index contributed by atoms with van der Waals surface area (Å²) in [6, 6.07) is 9.63. The zero-order valence-electron chi connectivity index (χ0n) is 17.5. The molecule has 1 atom stereocenters. The van der Waals surface area contributed by atoms with E-state index in [1.165, 1.54) is 0 Å². The molecule has 0 saturated carbocycles. The molecule has 1 aliphatic heterocycles. The number of nitrogens with one attached hydrogen (secondary N) is 2. The largest absolute Gasteiger partial charge is 0.492 e. The normalized spacial score (nSPS) is 17.7. The first kappa shape index (κ1) is 23.4. The van der Waals surface area contributed by atoms with Gasteiger partial charge in [0.05, 0.1) is 24.9 Å². The third-order valence-electron chi connectivity index (χ3n) is 4.56. The van der Waals surface area contributed by atoms with Gasteiger partial charge in [-0.2, -0.15) is 0 Å². The van der Waals surface area contributed by atoms with Crippen LogP contribution in [0, 0.1) is 0 Å². The highest BCUT2D eigenvalue weighted by molar-refractivity contribution is 7.89. The van der Waals surface area contributed by atoms with Crippen LogP contribution < -0.4 is 14.8 Å². The van der Waals surface area contributed by atoms with Gasteiger partial charge in [-0.1, -0.05) is 18.2 Å². The molecule has 1 aromatic carbocycles. The summed E-state index contributed by atoms with van der Waals surface area (Å²) >= 11 is 0. The molecule has 0 aliphatic carbocycles. The predicted octanol–water partition coefficient (Wildman–Crippen LogP) is 1.45. The molecule has 1 fully saturated rings. The smallest absolute Gasteiger partial charge is 0.213 e. The van der Waals surface area contributed by atoms with E-state index in [4.69, 9.17) is 9.47 Å². The maximum atomic E-state index is 12.2. The zero-order valence-corrected chi connectivity index (χ0v) is 18.3. The summed E-state index contributed by atoms with van der Waals surface area (Å²) in [6.45, 7) is 5.05. The van der Waals surface area contributed by atoms with Gasteiger partial charge in [0.1, 0.15) is 12.4 Å². The maximum Gasteiger partial charge on any atom is 0.213 e. The van der Waals surface area contributed by atoms with Gasteiger partial charge in [0.2, 0.25) is 10.0 Å². The number of hydrogen-bond acceptors (Lipinski definition) is 5. The van der Waals surface area contributed by atoms with Crippen LogP contribution in [0.15, 0.2) is 35.3 Å². The summed E-state index contributed by atoms with van der Waals surface area (Å²) in [4.78, 5) is 6.38. The van der Waals surface area contributed by atoms with Crippen LogP contribution in [0.3, 0.4) is 0 Å². The molecule has 0 aromatic heterocycles. The van der Waals surface area contributed by atoms with Gasteiger partial charge >= 0.3 is 0 Å². The van der Waals surface area contributed by atoms with E-state index in [1.807, 2.05) is 49.2 Å². The Hall–Kier alpha value is -1.84. The summed E-state index contributed by atoms with van der Waals surface area (Å²) in [6.07, 6.45) is 3.02. The van der Waals surface area contributed by atoms with E-state index >= 15 is 0 Å². The second kappa shape index (κ2) is 12.7. The van der Waals surface area contributed by atoms with E-state index in [2.05, 4.69) is 15.0 Å². The minimum absolute atomic E-state index is 0.0184. The van der Waals surface area contributed by atoms with Gasteiger partial charge in [-0.05, 0) is 38.3 Å². The molecule has 1 aromatic rings. The Balaban J connectivity index is 1.75. The van der Waals surface area contributed by atoms with Crippen LogP contribution in [-0.2, 0) is 14.8 Å². The van der Waals surface area contributed by atoms with Gasteiger partial charge < -0.3 is 19.7 Å². The first-order valence-corrected chi connectivity index (χ1v) is 11.9. The number of aliphatic imine (C=N–C) groups is 1. The molecule has 2 rings (SSSR count). The number of hydrogen-bond donors (Lipinski definition) is 2. The zero-order chi connectivity index (χ0) is 21.0. The van der Waals surface area contributed by atoms with Crippen molar-refractivity contribution >= 4 is 16.0 Å². The number of guanidine groups is 1. The predicted molar refractivity (Wildman–Crippen MR) is 116 cm³/mol. The lowest BCUT2D eigenvalue weighted by Gasteiger charge is -2.23. The van der Waals surface area contributed by atoms with Gasteiger partial charge in [0.15, 0.2) is 5.96 Å². The number of sulfonamides is 1. The second-order valence-corrected chi connectivity index (χ2v) is 8.90. The highest BCUT2D eigenvalue weighted by Gasteiger charge is 2.17. The van der Waals surface area contributed by atoms with Crippen molar-refractivity contribution in [1.29, 1.82) is 0 Å². The molecular formula is C20H34N4O4S. The average Bonchev–Trinajstić information content (AvgIpc) is 2.73. The SMILES string of the molecule is CCNC(=NCCS(=O)(=O)NCC1CCCCO1)N(C)CCOc1ccccc1. The van der Waals surface area contributed by atoms with Gasteiger partial charge in [0.25, 0.3) is 0 Å². The molecule has 164 valence electrons. The molecule has 2 N–H and O–H groups in total. The fourth-order valence-corrected chi connectivity index (χ4v) is 3.84. The van der Waals surface area contributed by atoms with Crippen LogP contribution in [0.2, 0.25) is 0 Å². The van der Waals surface area contributed by atoms with E-state index in [-0.39, 0.29) is 18.4 Å². The lowest BCUT2D eigenvalue weighted by atomic mass is 10.1. The van der Waals surface area contributed by atoms with Crippen molar-refractivity contribution < 1.29 is 17.9 Å². The van der Waals surface area contributed by atoms with Gasteiger partial charge in [-0.15, -0.1) is 0 Å². The van der Waals surface area contributed by atoms with Crippen molar-refractivity contribution in [3.05, 3.63) is 30.3 Å². The molecule has 0 amide bonds. The molecule has 1 unspecified atom stereocenters. The Morgan fingerprint density at radius 3 is 2.79 bits per heavy atom. The molecule has 1 aliphatic rings. The van der Waals surface area contributed by atoms with Crippen LogP contribution in [0.5, 0.6) is 5.75 Å². The number of rotatable bonds is 11. The first-order valence-electron chi connectivity index (χ1n) is 10.3. The summed E-state index contributed by atoms with van der Waals surface area (Å²) in [5.41, 5.74) is 0. The molecule has 1 saturated heterocycles. The van der Waals surface area contributed by atoms with E-state index < -0.39 is 10.0 Å². The number of para-hydroxylation sites is 1. The van der Waals surface area contributed by atoms with Crippen LogP contribution in [0.25, 0.3) is 0 Å². The highest BCUT2D eigenvalue weighted by Crippen LogP contribution is 2.12. The van der Waals surface area contributed by atoms with Crippen molar-refractivity contribution in [1.82, 2.24) is 14.9 Å². The topological polar surface area (TPSA) is 92.3 Å². The summed E-state index contributed by atoms with van der Waals surface area (Å²) < 4.78 is 38.4. The number of ether oxygens (including phenoxy) is 2. The molecule has 9 heteroatoms. The van der Waals surface area contributed by atoms with Crippen molar-refractivity contribution in [2.75, 3.05) is 52.2 Å². The lowest BCUT2D eigenvalue weighted by Crippen LogP contribution is -2.41. The molecular weight excluding hydrogens is 392 g/mol. The Kier molecular flexibility index (Phi) is 10.2. The van der Waals surface area contributed by atoms with E-state index in [1.54, 1.807) is 0 Å². The molecule has 29 heavy (non-hydrogen) atoms. The second-order valence-electron chi connectivity index (χ2n) is 6.97. The fraction of sp³-hybridized carbons (Fsp3) is 0.650. The summed E-state index contributed by atoms with van der Waals surface area (Å²) in [5.74, 6) is 1.43. The Bertz CT molecular complexity index is 706. The first-order chi connectivity index (χ1) is 14.0. The summed E-state index contributed by atoms with van der Waals surface area (Å²) in [7, 11) is -1.47. The maximum absolute atomic E-state index is 12.2. The van der Waals surface area contributed by atoms with Crippen molar-refractivity contribution in [3.63, 3.8) is 0 Å². The number of benzene rings is 1. The van der Waals surface area contributed by atoms with Crippen LogP contribution in [0.1, 0.15) is 26.2 Å². The molecule has 1 heterocycles.